The number of ether oxygens (including phenoxy) is 2. The van der Waals surface area contributed by atoms with Gasteiger partial charge in [0, 0.05) is 38.4 Å². The highest BCUT2D eigenvalue weighted by Crippen LogP contribution is 2.34. The van der Waals surface area contributed by atoms with E-state index >= 15 is 0 Å². The standard InChI is InChI=1S/C22H26N6O5/c1-2-28-20-15(11-25-28)19(26-13-5-7-32-18(29)8-13)16(10-23-20)22-27-17(12-33-22)21(30)24-9-14-4-3-6-31-14/h10-14H,2-9H2,1H3,(H,23,26)(H,24,30). The first-order chi connectivity index (χ1) is 16.1. The van der Waals surface area contributed by atoms with Gasteiger partial charge in [-0.2, -0.15) is 5.10 Å². The second-order valence-electron chi connectivity index (χ2n) is 8.18. The SMILES string of the molecule is CCn1ncc2c(NC3CCOC(=O)C3)c(-c3nc(C(=O)NCC4CCCO4)co3)cnc21. The van der Waals surface area contributed by atoms with E-state index in [2.05, 4.69) is 25.7 Å². The van der Waals surface area contributed by atoms with Gasteiger partial charge >= 0.3 is 5.97 Å². The molecule has 5 rings (SSSR count). The third kappa shape index (κ3) is 4.40. The molecule has 0 spiro atoms. The van der Waals surface area contributed by atoms with Crippen LogP contribution >= 0.6 is 0 Å². The molecule has 2 N–H and O–H groups in total. The fraction of sp³-hybridized carbons (Fsp3) is 0.500. The summed E-state index contributed by atoms with van der Waals surface area (Å²) in [7, 11) is 0. The Labute approximate surface area is 189 Å². The molecule has 0 radical (unpaired) electrons. The molecule has 0 saturated carbocycles. The first kappa shape index (κ1) is 21.4. The van der Waals surface area contributed by atoms with Crippen LogP contribution in [0.2, 0.25) is 0 Å². The number of pyridine rings is 1. The molecule has 2 aliphatic heterocycles. The number of hydrogen-bond acceptors (Lipinski definition) is 9. The van der Waals surface area contributed by atoms with E-state index in [1.165, 1.54) is 6.26 Å². The minimum absolute atomic E-state index is 0.0417. The van der Waals surface area contributed by atoms with Gasteiger partial charge in [-0.1, -0.05) is 0 Å². The molecule has 0 bridgehead atoms. The zero-order chi connectivity index (χ0) is 22.8. The van der Waals surface area contributed by atoms with Gasteiger partial charge in [0.05, 0.1) is 42.0 Å². The first-order valence-electron chi connectivity index (χ1n) is 11.2. The summed E-state index contributed by atoms with van der Waals surface area (Å²) in [6, 6.07) is -0.107. The number of amides is 1. The molecule has 2 saturated heterocycles. The second kappa shape index (κ2) is 9.18. The molecule has 5 heterocycles. The number of aryl methyl sites for hydroxylation is 1. The van der Waals surface area contributed by atoms with E-state index in [0.717, 1.165) is 24.8 Å². The number of oxazole rings is 1. The van der Waals surface area contributed by atoms with E-state index in [9.17, 15) is 9.59 Å². The van der Waals surface area contributed by atoms with Gasteiger partial charge in [-0.15, -0.1) is 0 Å². The van der Waals surface area contributed by atoms with Gasteiger partial charge in [0.15, 0.2) is 11.3 Å². The molecule has 2 aliphatic rings. The summed E-state index contributed by atoms with van der Waals surface area (Å²) in [4.78, 5) is 33.3. The maximum atomic E-state index is 12.6. The Hall–Kier alpha value is -3.47. The zero-order valence-electron chi connectivity index (χ0n) is 18.4. The van der Waals surface area contributed by atoms with E-state index in [4.69, 9.17) is 13.9 Å². The van der Waals surface area contributed by atoms with Crippen molar-refractivity contribution in [2.24, 2.45) is 0 Å². The molecule has 2 fully saturated rings. The minimum Gasteiger partial charge on any atom is -0.466 e. The summed E-state index contributed by atoms with van der Waals surface area (Å²) in [6.07, 6.45) is 7.64. The highest BCUT2D eigenvalue weighted by Gasteiger charge is 2.26. The van der Waals surface area contributed by atoms with Gasteiger partial charge < -0.3 is 24.5 Å². The number of cyclic esters (lactones) is 1. The van der Waals surface area contributed by atoms with Crippen molar-refractivity contribution >= 4 is 28.6 Å². The van der Waals surface area contributed by atoms with Crippen molar-refractivity contribution in [3.05, 3.63) is 24.4 Å². The molecule has 0 aliphatic carbocycles. The fourth-order valence-electron chi connectivity index (χ4n) is 4.18. The van der Waals surface area contributed by atoms with Crippen LogP contribution in [0.25, 0.3) is 22.5 Å². The van der Waals surface area contributed by atoms with Crippen LogP contribution in [0.4, 0.5) is 5.69 Å². The lowest BCUT2D eigenvalue weighted by atomic mass is 10.1. The van der Waals surface area contributed by atoms with Crippen LogP contribution < -0.4 is 10.6 Å². The van der Waals surface area contributed by atoms with Crippen LogP contribution in [0.15, 0.2) is 23.1 Å². The van der Waals surface area contributed by atoms with Crippen molar-refractivity contribution in [2.45, 2.75) is 51.3 Å². The van der Waals surface area contributed by atoms with Gasteiger partial charge in [-0.25, -0.2) is 14.6 Å². The highest BCUT2D eigenvalue weighted by atomic mass is 16.5. The summed E-state index contributed by atoms with van der Waals surface area (Å²) in [6.45, 7) is 4.19. The maximum Gasteiger partial charge on any atom is 0.307 e. The summed E-state index contributed by atoms with van der Waals surface area (Å²) < 4.78 is 18.1. The van der Waals surface area contributed by atoms with Gasteiger partial charge in [0.1, 0.15) is 6.26 Å². The zero-order valence-corrected chi connectivity index (χ0v) is 18.4. The van der Waals surface area contributed by atoms with Crippen molar-refractivity contribution in [3.8, 4) is 11.5 Å². The van der Waals surface area contributed by atoms with Gasteiger partial charge in [0.2, 0.25) is 5.89 Å². The minimum atomic E-state index is -0.321. The van der Waals surface area contributed by atoms with E-state index in [0.29, 0.717) is 43.0 Å². The van der Waals surface area contributed by atoms with Crippen molar-refractivity contribution in [1.29, 1.82) is 0 Å². The van der Waals surface area contributed by atoms with Gasteiger partial charge in [-0.3, -0.25) is 9.59 Å². The molecule has 2 unspecified atom stereocenters. The monoisotopic (exact) mass is 454 g/mol. The Balaban J connectivity index is 1.43. The van der Waals surface area contributed by atoms with E-state index in [-0.39, 0.29) is 42.0 Å². The van der Waals surface area contributed by atoms with Crippen LogP contribution in [-0.2, 0) is 20.8 Å². The molecule has 0 aromatic carbocycles. The first-order valence-corrected chi connectivity index (χ1v) is 11.2. The number of anilines is 1. The van der Waals surface area contributed by atoms with Crippen molar-refractivity contribution in [1.82, 2.24) is 25.1 Å². The molecule has 11 nitrogen and oxygen atoms in total. The fourth-order valence-corrected chi connectivity index (χ4v) is 4.18. The lowest BCUT2D eigenvalue weighted by Gasteiger charge is -2.24. The number of carbonyl (C=O) groups excluding carboxylic acids is 2. The van der Waals surface area contributed by atoms with Crippen molar-refractivity contribution in [2.75, 3.05) is 25.1 Å². The molecule has 174 valence electrons. The molecule has 3 aromatic rings. The van der Waals surface area contributed by atoms with Crippen LogP contribution in [0.5, 0.6) is 0 Å². The number of carbonyl (C=O) groups is 2. The molecule has 33 heavy (non-hydrogen) atoms. The number of nitrogens with zero attached hydrogens (tertiary/aromatic N) is 4. The maximum absolute atomic E-state index is 12.6. The lowest BCUT2D eigenvalue weighted by Crippen LogP contribution is -2.32. The molecule has 2 atom stereocenters. The summed E-state index contributed by atoms with van der Waals surface area (Å²) in [5.41, 5.74) is 2.20. The quantitative estimate of drug-likeness (QED) is 0.515. The Bertz CT molecular complexity index is 1170. The van der Waals surface area contributed by atoms with Crippen LogP contribution in [0.3, 0.4) is 0 Å². The molecular formula is C22H26N6O5. The van der Waals surface area contributed by atoms with Crippen LogP contribution in [0, 0.1) is 0 Å². The van der Waals surface area contributed by atoms with E-state index < -0.39 is 0 Å². The summed E-state index contributed by atoms with van der Waals surface area (Å²) in [5.74, 6) is -0.300. The third-order valence-corrected chi connectivity index (χ3v) is 5.94. The van der Waals surface area contributed by atoms with E-state index in [1.54, 1.807) is 17.1 Å². The normalized spacial score (nSPS) is 20.7. The molecule has 11 heteroatoms. The number of rotatable bonds is 7. The smallest absolute Gasteiger partial charge is 0.307 e. The largest absolute Gasteiger partial charge is 0.466 e. The second-order valence-corrected chi connectivity index (χ2v) is 8.18. The number of hydrogen-bond donors (Lipinski definition) is 2. The predicted octanol–water partition coefficient (Wildman–Crippen LogP) is 2.13. The van der Waals surface area contributed by atoms with Crippen molar-refractivity contribution in [3.63, 3.8) is 0 Å². The van der Waals surface area contributed by atoms with Crippen molar-refractivity contribution < 1.29 is 23.5 Å². The van der Waals surface area contributed by atoms with Crippen LogP contribution in [0.1, 0.15) is 43.1 Å². The van der Waals surface area contributed by atoms with Crippen LogP contribution in [-0.4, -0.2) is 63.5 Å². The Morgan fingerprint density at radius 1 is 1.27 bits per heavy atom. The lowest BCUT2D eigenvalue weighted by molar-refractivity contribution is -0.147. The average Bonchev–Trinajstić information content (AvgIpc) is 3.58. The number of fused-ring (bicyclic) bond motifs is 1. The topological polar surface area (TPSA) is 133 Å². The molecule has 3 aromatic heterocycles. The summed E-state index contributed by atoms with van der Waals surface area (Å²) >= 11 is 0. The number of aromatic nitrogens is 4. The average molecular weight is 454 g/mol. The Morgan fingerprint density at radius 3 is 2.97 bits per heavy atom. The predicted molar refractivity (Wildman–Crippen MR) is 118 cm³/mol. The number of nitrogens with one attached hydrogen (secondary N) is 2. The molecular weight excluding hydrogens is 428 g/mol. The van der Waals surface area contributed by atoms with Gasteiger partial charge in [0.25, 0.3) is 5.91 Å². The Morgan fingerprint density at radius 2 is 2.18 bits per heavy atom. The van der Waals surface area contributed by atoms with E-state index in [1.807, 2.05) is 6.92 Å². The number of esters is 1. The third-order valence-electron chi connectivity index (χ3n) is 5.94. The Kier molecular flexibility index (Phi) is 5.95. The van der Waals surface area contributed by atoms with Gasteiger partial charge in [-0.05, 0) is 19.8 Å². The highest BCUT2D eigenvalue weighted by molar-refractivity contribution is 5.97. The molecule has 1 amide bonds. The summed E-state index contributed by atoms with van der Waals surface area (Å²) in [5, 5.41) is 11.5.